The smallest absolute Gasteiger partial charge is 0.253 e. The average molecular weight is 232 g/mol. The van der Waals surface area contributed by atoms with E-state index >= 15 is 0 Å². The number of nitrogens with zero attached hydrogens (tertiary/aromatic N) is 2. The Hall–Kier alpha value is -1.35. The molecule has 0 atom stereocenters. The molecule has 0 unspecified atom stereocenters. The lowest BCUT2D eigenvalue weighted by Crippen LogP contribution is -2.51. The van der Waals surface area contributed by atoms with E-state index in [1.807, 2.05) is 42.3 Å². The van der Waals surface area contributed by atoms with Crippen LogP contribution in [0.2, 0.25) is 0 Å². The molecule has 2 rings (SSSR count). The van der Waals surface area contributed by atoms with Gasteiger partial charge in [0.15, 0.2) is 0 Å². The van der Waals surface area contributed by atoms with Crippen molar-refractivity contribution in [3.63, 3.8) is 0 Å². The molecule has 0 aromatic heterocycles. The van der Waals surface area contributed by atoms with Gasteiger partial charge in [0, 0.05) is 38.2 Å². The van der Waals surface area contributed by atoms with Crippen LogP contribution in [0.4, 0.5) is 0 Å². The van der Waals surface area contributed by atoms with Crippen LogP contribution in [-0.4, -0.2) is 48.9 Å². The van der Waals surface area contributed by atoms with Crippen molar-refractivity contribution in [2.45, 2.75) is 6.92 Å². The Morgan fingerprint density at radius 1 is 1.35 bits per heavy atom. The van der Waals surface area contributed by atoms with Gasteiger partial charge in [0.05, 0.1) is 0 Å². The Labute approximate surface area is 103 Å². The van der Waals surface area contributed by atoms with E-state index in [2.05, 4.69) is 11.8 Å². The van der Waals surface area contributed by atoms with Crippen molar-refractivity contribution < 1.29 is 4.79 Å². The van der Waals surface area contributed by atoms with Crippen LogP contribution in [0.3, 0.4) is 0 Å². The molecule has 0 saturated carbocycles. The third-order valence-electron chi connectivity index (χ3n) is 3.38. The highest BCUT2D eigenvalue weighted by molar-refractivity contribution is 5.93. The van der Waals surface area contributed by atoms with Gasteiger partial charge in [-0.3, -0.25) is 4.79 Å². The van der Waals surface area contributed by atoms with Crippen molar-refractivity contribution in [2.75, 3.05) is 33.2 Å². The quantitative estimate of drug-likeness (QED) is 0.789. The summed E-state index contributed by atoms with van der Waals surface area (Å²) in [5, 5.41) is 0. The molecule has 1 aromatic rings. The van der Waals surface area contributed by atoms with Gasteiger partial charge in [0.25, 0.3) is 5.91 Å². The van der Waals surface area contributed by atoms with E-state index in [4.69, 9.17) is 0 Å². The van der Waals surface area contributed by atoms with Crippen LogP contribution >= 0.6 is 0 Å². The van der Waals surface area contributed by atoms with Crippen LogP contribution in [0.15, 0.2) is 30.3 Å². The molecule has 17 heavy (non-hydrogen) atoms. The van der Waals surface area contributed by atoms with Crippen molar-refractivity contribution in [1.29, 1.82) is 0 Å². The number of rotatable bonds is 4. The molecule has 0 bridgehead atoms. The van der Waals surface area contributed by atoms with Gasteiger partial charge < -0.3 is 9.80 Å². The van der Waals surface area contributed by atoms with E-state index in [0.717, 1.165) is 31.7 Å². The van der Waals surface area contributed by atoms with Gasteiger partial charge in [0.2, 0.25) is 0 Å². The second kappa shape index (κ2) is 5.32. The Kier molecular flexibility index (Phi) is 3.79. The predicted octanol–water partition coefficient (Wildman–Crippen LogP) is 1.71. The predicted molar refractivity (Wildman–Crippen MR) is 69.0 cm³/mol. The minimum Gasteiger partial charge on any atom is -0.341 e. The summed E-state index contributed by atoms with van der Waals surface area (Å²) in [6.45, 7) is 6.41. The van der Waals surface area contributed by atoms with Crippen LogP contribution in [0.5, 0.6) is 0 Å². The van der Waals surface area contributed by atoms with Crippen LogP contribution in [0.1, 0.15) is 17.3 Å². The van der Waals surface area contributed by atoms with Gasteiger partial charge in [-0.1, -0.05) is 25.1 Å². The topological polar surface area (TPSA) is 23.6 Å². The lowest BCUT2D eigenvalue weighted by Gasteiger charge is -2.40. The van der Waals surface area contributed by atoms with E-state index in [-0.39, 0.29) is 5.91 Å². The number of carbonyl (C=O) groups excluding carboxylic acids is 1. The zero-order valence-electron chi connectivity index (χ0n) is 10.6. The molecule has 1 aromatic carbocycles. The zero-order chi connectivity index (χ0) is 12.3. The summed E-state index contributed by atoms with van der Waals surface area (Å²) in [6, 6.07) is 9.49. The maximum atomic E-state index is 12.1. The number of likely N-dealkylation sites (tertiary alicyclic amines) is 1. The van der Waals surface area contributed by atoms with Gasteiger partial charge in [-0.2, -0.15) is 0 Å². The summed E-state index contributed by atoms with van der Waals surface area (Å²) in [5.74, 6) is 0.771. The van der Waals surface area contributed by atoms with E-state index in [1.165, 1.54) is 0 Å². The van der Waals surface area contributed by atoms with Crippen molar-refractivity contribution >= 4 is 5.91 Å². The average Bonchev–Trinajstić information content (AvgIpc) is 2.33. The Morgan fingerprint density at radius 3 is 2.59 bits per heavy atom. The minimum absolute atomic E-state index is 0.126. The minimum atomic E-state index is 0.126. The molecule has 1 aliphatic heterocycles. The molecule has 0 aliphatic carbocycles. The summed E-state index contributed by atoms with van der Waals surface area (Å²) in [4.78, 5) is 16.3. The highest BCUT2D eigenvalue weighted by Crippen LogP contribution is 2.16. The van der Waals surface area contributed by atoms with E-state index in [9.17, 15) is 4.79 Å². The molecule has 3 heteroatoms. The summed E-state index contributed by atoms with van der Waals surface area (Å²) in [6.07, 6.45) is 0. The highest BCUT2D eigenvalue weighted by atomic mass is 16.2. The number of hydrogen-bond acceptors (Lipinski definition) is 2. The lowest BCUT2D eigenvalue weighted by atomic mass is 9.99. The molecule has 1 amide bonds. The molecule has 3 nitrogen and oxygen atoms in total. The van der Waals surface area contributed by atoms with Gasteiger partial charge in [-0.25, -0.2) is 0 Å². The fraction of sp³-hybridized carbons (Fsp3) is 0.500. The lowest BCUT2D eigenvalue weighted by molar-refractivity contribution is 0.0587. The molecule has 0 spiro atoms. The molecular formula is C14H20N2O. The summed E-state index contributed by atoms with van der Waals surface area (Å²) >= 11 is 0. The second-order valence-electron chi connectivity index (χ2n) is 4.77. The van der Waals surface area contributed by atoms with E-state index < -0.39 is 0 Å². The number of hydrogen-bond donors (Lipinski definition) is 0. The fourth-order valence-electron chi connectivity index (χ4n) is 2.32. The maximum Gasteiger partial charge on any atom is 0.253 e. The fourth-order valence-corrected chi connectivity index (χ4v) is 2.32. The summed E-state index contributed by atoms with van der Waals surface area (Å²) < 4.78 is 0. The van der Waals surface area contributed by atoms with Crippen molar-refractivity contribution in [3.8, 4) is 0 Å². The maximum absolute atomic E-state index is 12.1. The first-order valence-electron chi connectivity index (χ1n) is 6.23. The number of carbonyl (C=O) groups is 1. The first kappa shape index (κ1) is 12.1. The van der Waals surface area contributed by atoms with Crippen LogP contribution < -0.4 is 0 Å². The summed E-state index contributed by atoms with van der Waals surface area (Å²) in [5.41, 5.74) is 0.779. The van der Waals surface area contributed by atoms with E-state index in [0.29, 0.717) is 5.92 Å². The Balaban J connectivity index is 1.84. The highest BCUT2D eigenvalue weighted by Gasteiger charge is 2.27. The zero-order valence-corrected chi connectivity index (χ0v) is 10.6. The number of amides is 1. The Morgan fingerprint density at radius 2 is 2.00 bits per heavy atom. The molecule has 1 fully saturated rings. The third kappa shape index (κ3) is 2.86. The van der Waals surface area contributed by atoms with Crippen molar-refractivity contribution in [1.82, 2.24) is 9.80 Å². The normalized spacial score (nSPS) is 16.6. The Bertz CT molecular complexity index is 371. The molecular weight excluding hydrogens is 212 g/mol. The van der Waals surface area contributed by atoms with E-state index in [1.54, 1.807) is 0 Å². The molecule has 1 heterocycles. The summed E-state index contributed by atoms with van der Waals surface area (Å²) in [7, 11) is 1.89. The SMILES string of the molecule is CCN1CC(CN(C)C(=O)c2ccccc2)C1. The first-order valence-corrected chi connectivity index (χ1v) is 6.23. The standard InChI is InChI=1S/C14H20N2O/c1-3-16-10-12(11-16)9-15(2)14(17)13-7-5-4-6-8-13/h4-8,12H,3,9-11H2,1-2H3. The van der Waals surface area contributed by atoms with Crippen molar-refractivity contribution in [3.05, 3.63) is 35.9 Å². The van der Waals surface area contributed by atoms with Gasteiger partial charge in [-0.15, -0.1) is 0 Å². The van der Waals surface area contributed by atoms with Crippen molar-refractivity contribution in [2.24, 2.45) is 5.92 Å². The third-order valence-corrected chi connectivity index (χ3v) is 3.38. The largest absolute Gasteiger partial charge is 0.341 e. The van der Waals surface area contributed by atoms with Gasteiger partial charge in [-0.05, 0) is 18.7 Å². The number of benzene rings is 1. The monoisotopic (exact) mass is 232 g/mol. The van der Waals surface area contributed by atoms with Crippen LogP contribution in [0, 0.1) is 5.92 Å². The van der Waals surface area contributed by atoms with Gasteiger partial charge in [0.1, 0.15) is 0 Å². The molecule has 92 valence electrons. The first-order chi connectivity index (χ1) is 8.20. The molecule has 1 aliphatic rings. The van der Waals surface area contributed by atoms with Crippen LogP contribution in [-0.2, 0) is 0 Å². The molecule has 0 radical (unpaired) electrons. The van der Waals surface area contributed by atoms with Gasteiger partial charge >= 0.3 is 0 Å². The second-order valence-corrected chi connectivity index (χ2v) is 4.77. The molecule has 0 N–H and O–H groups in total. The van der Waals surface area contributed by atoms with Crippen LogP contribution in [0.25, 0.3) is 0 Å². The molecule has 1 saturated heterocycles.